The fourth-order valence-corrected chi connectivity index (χ4v) is 1.78. The summed E-state index contributed by atoms with van der Waals surface area (Å²) in [6, 6.07) is 0. The lowest BCUT2D eigenvalue weighted by molar-refractivity contribution is -0.150. The van der Waals surface area contributed by atoms with E-state index in [1.54, 1.807) is 0 Å². The maximum Gasteiger partial charge on any atom is 0.309 e. The van der Waals surface area contributed by atoms with Gasteiger partial charge < -0.3 is 14.9 Å². The molecular weight excluding hydrogens is 172 g/mol. The van der Waals surface area contributed by atoms with Crippen molar-refractivity contribution in [1.29, 1.82) is 0 Å². The number of aliphatic carboxylic acids is 1. The molecule has 13 heavy (non-hydrogen) atoms. The van der Waals surface area contributed by atoms with Gasteiger partial charge in [0, 0.05) is 0 Å². The van der Waals surface area contributed by atoms with Crippen LogP contribution >= 0.6 is 0 Å². The molecule has 0 saturated heterocycles. The smallest absolute Gasteiger partial charge is 0.309 e. The standard InChI is InChI=1S/C9H16O4/c10-5-6-13-8-4-2-1-3-7(8)9(11)12/h7-8,10H,1-6H2,(H,11,12). The second-order valence-electron chi connectivity index (χ2n) is 3.36. The Hall–Kier alpha value is -0.610. The highest BCUT2D eigenvalue weighted by Gasteiger charge is 2.31. The van der Waals surface area contributed by atoms with E-state index < -0.39 is 5.97 Å². The van der Waals surface area contributed by atoms with Gasteiger partial charge in [-0.05, 0) is 12.8 Å². The number of aliphatic hydroxyl groups excluding tert-OH is 1. The Kier molecular flexibility index (Phi) is 4.18. The van der Waals surface area contributed by atoms with Gasteiger partial charge in [0.25, 0.3) is 0 Å². The third kappa shape index (κ3) is 2.97. The van der Waals surface area contributed by atoms with E-state index >= 15 is 0 Å². The van der Waals surface area contributed by atoms with Gasteiger partial charge in [-0.3, -0.25) is 4.79 Å². The third-order valence-electron chi connectivity index (χ3n) is 2.44. The summed E-state index contributed by atoms with van der Waals surface area (Å²) in [4.78, 5) is 10.8. The summed E-state index contributed by atoms with van der Waals surface area (Å²) < 4.78 is 5.28. The number of carbonyl (C=O) groups is 1. The second kappa shape index (κ2) is 5.19. The van der Waals surface area contributed by atoms with Crippen LogP contribution in [0.15, 0.2) is 0 Å². The SMILES string of the molecule is O=C(O)C1CCCCC1OCCO. The topological polar surface area (TPSA) is 66.8 Å². The van der Waals surface area contributed by atoms with Crippen molar-refractivity contribution < 1.29 is 19.7 Å². The molecule has 4 nitrogen and oxygen atoms in total. The number of ether oxygens (including phenoxy) is 1. The summed E-state index contributed by atoms with van der Waals surface area (Å²) in [7, 11) is 0. The van der Waals surface area contributed by atoms with E-state index in [1.165, 1.54) is 0 Å². The van der Waals surface area contributed by atoms with Crippen molar-refractivity contribution in [2.24, 2.45) is 5.92 Å². The largest absolute Gasteiger partial charge is 0.481 e. The van der Waals surface area contributed by atoms with Crippen LogP contribution in [-0.4, -0.2) is 35.5 Å². The van der Waals surface area contributed by atoms with Gasteiger partial charge in [-0.1, -0.05) is 12.8 Å². The highest BCUT2D eigenvalue weighted by molar-refractivity contribution is 5.70. The van der Waals surface area contributed by atoms with E-state index in [9.17, 15) is 4.79 Å². The maximum absolute atomic E-state index is 10.8. The number of carboxylic acids is 1. The monoisotopic (exact) mass is 188 g/mol. The Morgan fingerprint density at radius 1 is 1.38 bits per heavy atom. The number of rotatable bonds is 4. The van der Waals surface area contributed by atoms with Crippen molar-refractivity contribution in [2.45, 2.75) is 31.8 Å². The molecule has 1 aliphatic rings. The first-order valence-electron chi connectivity index (χ1n) is 4.71. The first kappa shape index (κ1) is 10.5. The normalized spacial score (nSPS) is 28.7. The molecule has 76 valence electrons. The van der Waals surface area contributed by atoms with Crippen LogP contribution in [0.1, 0.15) is 25.7 Å². The number of aliphatic hydroxyl groups is 1. The van der Waals surface area contributed by atoms with Crippen LogP contribution in [0.5, 0.6) is 0 Å². The summed E-state index contributed by atoms with van der Waals surface area (Å²) in [6.07, 6.45) is 3.30. The lowest BCUT2D eigenvalue weighted by atomic mass is 9.86. The zero-order valence-corrected chi connectivity index (χ0v) is 7.61. The second-order valence-corrected chi connectivity index (χ2v) is 3.36. The molecule has 1 saturated carbocycles. The van der Waals surface area contributed by atoms with E-state index in [1.807, 2.05) is 0 Å². The van der Waals surface area contributed by atoms with Crippen molar-refractivity contribution in [1.82, 2.24) is 0 Å². The van der Waals surface area contributed by atoms with E-state index in [4.69, 9.17) is 14.9 Å². The molecule has 0 heterocycles. The molecule has 2 unspecified atom stereocenters. The lowest BCUT2D eigenvalue weighted by Crippen LogP contribution is -2.34. The van der Waals surface area contributed by atoms with Crippen molar-refractivity contribution in [2.75, 3.05) is 13.2 Å². The van der Waals surface area contributed by atoms with E-state index in [0.29, 0.717) is 6.42 Å². The van der Waals surface area contributed by atoms with Gasteiger partial charge in [0.05, 0.1) is 25.2 Å². The molecule has 0 aromatic heterocycles. The third-order valence-corrected chi connectivity index (χ3v) is 2.44. The molecule has 2 atom stereocenters. The Bertz CT molecular complexity index is 169. The highest BCUT2D eigenvalue weighted by atomic mass is 16.5. The predicted octanol–water partition coefficient (Wildman–Crippen LogP) is 0.639. The molecule has 1 rings (SSSR count). The molecule has 0 radical (unpaired) electrons. The van der Waals surface area contributed by atoms with Crippen LogP contribution in [0.3, 0.4) is 0 Å². The van der Waals surface area contributed by atoms with Crippen LogP contribution in [0.25, 0.3) is 0 Å². The highest BCUT2D eigenvalue weighted by Crippen LogP contribution is 2.26. The van der Waals surface area contributed by atoms with E-state index in [0.717, 1.165) is 19.3 Å². The molecule has 0 amide bonds. The average molecular weight is 188 g/mol. The minimum absolute atomic E-state index is 0.0389. The molecule has 2 N–H and O–H groups in total. The molecule has 0 aromatic carbocycles. The van der Waals surface area contributed by atoms with Gasteiger partial charge in [-0.25, -0.2) is 0 Å². The lowest BCUT2D eigenvalue weighted by Gasteiger charge is -2.28. The van der Waals surface area contributed by atoms with Crippen LogP contribution in [-0.2, 0) is 9.53 Å². The summed E-state index contributed by atoms with van der Waals surface area (Å²) >= 11 is 0. The van der Waals surface area contributed by atoms with Gasteiger partial charge in [-0.2, -0.15) is 0 Å². The van der Waals surface area contributed by atoms with Crippen molar-refractivity contribution in [3.63, 3.8) is 0 Å². The Balaban J connectivity index is 2.41. The number of carboxylic acid groups (broad SMARTS) is 1. The number of hydrogen-bond acceptors (Lipinski definition) is 3. The Labute approximate surface area is 77.5 Å². The van der Waals surface area contributed by atoms with Crippen LogP contribution in [0.4, 0.5) is 0 Å². The van der Waals surface area contributed by atoms with Gasteiger partial charge in [-0.15, -0.1) is 0 Å². The Morgan fingerprint density at radius 3 is 2.69 bits per heavy atom. The summed E-state index contributed by atoms with van der Waals surface area (Å²) in [5.41, 5.74) is 0. The molecule has 0 aliphatic heterocycles. The fraction of sp³-hybridized carbons (Fsp3) is 0.889. The van der Waals surface area contributed by atoms with Crippen molar-refractivity contribution in [3.05, 3.63) is 0 Å². The van der Waals surface area contributed by atoms with Crippen LogP contribution in [0, 0.1) is 5.92 Å². The zero-order chi connectivity index (χ0) is 9.68. The average Bonchev–Trinajstić information content (AvgIpc) is 2.15. The summed E-state index contributed by atoms with van der Waals surface area (Å²) in [5.74, 6) is -1.15. The Morgan fingerprint density at radius 2 is 2.08 bits per heavy atom. The first-order valence-corrected chi connectivity index (χ1v) is 4.71. The molecular formula is C9H16O4. The van der Waals surface area contributed by atoms with Crippen molar-refractivity contribution >= 4 is 5.97 Å². The van der Waals surface area contributed by atoms with Gasteiger partial charge >= 0.3 is 5.97 Å². The molecule has 1 fully saturated rings. The number of hydrogen-bond donors (Lipinski definition) is 2. The quantitative estimate of drug-likeness (QED) is 0.679. The summed E-state index contributed by atoms with van der Waals surface area (Å²) in [5, 5.41) is 17.4. The first-order chi connectivity index (χ1) is 6.25. The molecule has 1 aliphatic carbocycles. The van der Waals surface area contributed by atoms with Gasteiger partial charge in [0.1, 0.15) is 0 Å². The molecule has 0 spiro atoms. The maximum atomic E-state index is 10.8. The fourth-order valence-electron chi connectivity index (χ4n) is 1.78. The summed E-state index contributed by atoms with van der Waals surface area (Å²) in [6.45, 7) is 0.206. The minimum atomic E-state index is -0.775. The molecule has 0 bridgehead atoms. The van der Waals surface area contributed by atoms with Gasteiger partial charge in [0.2, 0.25) is 0 Å². The van der Waals surface area contributed by atoms with E-state index in [2.05, 4.69) is 0 Å². The van der Waals surface area contributed by atoms with E-state index in [-0.39, 0.29) is 25.2 Å². The molecule has 0 aromatic rings. The van der Waals surface area contributed by atoms with Gasteiger partial charge in [0.15, 0.2) is 0 Å². The van der Waals surface area contributed by atoms with Crippen LogP contribution in [0.2, 0.25) is 0 Å². The van der Waals surface area contributed by atoms with Crippen LogP contribution < -0.4 is 0 Å². The minimum Gasteiger partial charge on any atom is -0.481 e. The zero-order valence-electron chi connectivity index (χ0n) is 7.61. The molecule has 4 heteroatoms. The van der Waals surface area contributed by atoms with Crippen molar-refractivity contribution in [3.8, 4) is 0 Å². The predicted molar refractivity (Wildman–Crippen MR) is 46.4 cm³/mol.